The summed E-state index contributed by atoms with van der Waals surface area (Å²) < 4.78 is 5.28. The zero-order valence-corrected chi connectivity index (χ0v) is 13.8. The van der Waals surface area contributed by atoms with Crippen LogP contribution < -0.4 is 20.3 Å². The number of methoxy groups -OCH3 is 1. The Morgan fingerprint density at radius 1 is 1.36 bits per heavy atom. The summed E-state index contributed by atoms with van der Waals surface area (Å²) in [7, 11) is 1.60. The molecule has 2 N–H and O–H groups in total. The summed E-state index contributed by atoms with van der Waals surface area (Å²) in [6, 6.07) is 1.87. The number of aromatic nitrogens is 2. The third-order valence-electron chi connectivity index (χ3n) is 3.46. The smallest absolute Gasteiger partial charge is 0.234 e. The van der Waals surface area contributed by atoms with E-state index < -0.39 is 0 Å². The minimum Gasteiger partial charge on any atom is -0.481 e. The van der Waals surface area contributed by atoms with Gasteiger partial charge in [-0.25, -0.2) is 0 Å². The molecule has 0 radical (unpaired) electrons. The quantitative estimate of drug-likeness (QED) is 0.637. The molecule has 0 saturated carbocycles. The molecule has 1 aliphatic heterocycles. The van der Waals surface area contributed by atoms with Crippen molar-refractivity contribution in [3.8, 4) is 5.88 Å². The van der Waals surface area contributed by atoms with Crippen LogP contribution in [0.2, 0.25) is 0 Å². The molecule has 1 saturated heterocycles. The topological polar surface area (TPSA) is 62.3 Å². The number of hydrogen-bond donors (Lipinski definition) is 2. The molecule has 120 valence electrons. The Kier molecular flexibility index (Phi) is 6.39. The van der Waals surface area contributed by atoms with Crippen molar-refractivity contribution in [2.45, 2.75) is 25.7 Å². The van der Waals surface area contributed by atoms with E-state index in [0.717, 1.165) is 18.9 Å². The molecular formula is C15H23N5OS. The number of thiocarbonyl (C=S) groups is 1. The minimum atomic E-state index is 0.445. The first-order valence-electron chi connectivity index (χ1n) is 7.56. The molecule has 1 fully saturated rings. The standard InChI is InChI=1S/C15H23N5OS/c1-3-8-16-15(22)19-14-17-12(11-13(18-14)21-2)20-9-6-4-5-7-10-20/h3,11H,1,4-10H2,2H3,(H2,16,17,18,19,22). The van der Waals surface area contributed by atoms with E-state index >= 15 is 0 Å². The van der Waals surface area contributed by atoms with Crippen LogP contribution in [0, 0.1) is 0 Å². The maximum absolute atomic E-state index is 5.28. The number of rotatable bonds is 5. The number of anilines is 2. The lowest BCUT2D eigenvalue weighted by molar-refractivity contribution is 0.397. The fourth-order valence-electron chi connectivity index (χ4n) is 2.35. The van der Waals surface area contributed by atoms with E-state index in [1.54, 1.807) is 13.2 Å². The SMILES string of the molecule is C=CCNC(=S)Nc1nc(OC)cc(N2CCCCCC2)n1. The van der Waals surface area contributed by atoms with Gasteiger partial charge in [-0.1, -0.05) is 18.9 Å². The first-order valence-corrected chi connectivity index (χ1v) is 7.97. The van der Waals surface area contributed by atoms with Crippen LogP contribution in [0.4, 0.5) is 11.8 Å². The van der Waals surface area contributed by atoms with Gasteiger partial charge in [0, 0.05) is 25.7 Å². The maximum atomic E-state index is 5.28. The van der Waals surface area contributed by atoms with Crippen LogP contribution in [0.3, 0.4) is 0 Å². The average molecular weight is 321 g/mol. The van der Waals surface area contributed by atoms with E-state index in [4.69, 9.17) is 17.0 Å². The molecule has 0 aliphatic carbocycles. The lowest BCUT2D eigenvalue weighted by Gasteiger charge is -2.22. The molecule has 2 heterocycles. The van der Waals surface area contributed by atoms with Gasteiger partial charge in [0.2, 0.25) is 11.8 Å². The van der Waals surface area contributed by atoms with Crippen molar-refractivity contribution in [1.29, 1.82) is 0 Å². The van der Waals surface area contributed by atoms with E-state index in [1.165, 1.54) is 25.7 Å². The Morgan fingerprint density at radius 2 is 2.09 bits per heavy atom. The van der Waals surface area contributed by atoms with Crippen LogP contribution in [0.15, 0.2) is 18.7 Å². The molecule has 1 aromatic rings. The number of hydrogen-bond acceptors (Lipinski definition) is 5. The summed E-state index contributed by atoms with van der Waals surface area (Å²) in [5.74, 6) is 1.85. The highest BCUT2D eigenvalue weighted by molar-refractivity contribution is 7.80. The highest BCUT2D eigenvalue weighted by Crippen LogP contribution is 2.22. The van der Waals surface area contributed by atoms with Gasteiger partial charge in [-0.2, -0.15) is 9.97 Å². The number of nitrogens with one attached hydrogen (secondary N) is 2. The van der Waals surface area contributed by atoms with Crippen molar-refractivity contribution >= 4 is 29.1 Å². The molecule has 2 rings (SSSR count). The van der Waals surface area contributed by atoms with Gasteiger partial charge in [0.1, 0.15) is 5.82 Å². The number of ether oxygens (including phenoxy) is 1. The summed E-state index contributed by atoms with van der Waals surface area (Å²) in [5.41, 5.74) is 0. The summed E-state index contributed by atoms with van der Waals surface area (Å²) in [5, 5.41) is 6.45. The van der Waals surface area contributed by atoms with Crippen molar-refractivity contribution < 1.29 is 4.74 Å². The number of nitrogens with zero attached hydrogens (tertiary/aromatic N) is 3. The average Bonchev–Trinajstić information content (AvgIpc) is 2.81. The largest absolute Gasteiger partial charge is 0.481 e. The lowest BCUT2D eigenvalue weighted by atomic mass is 10.2. The van der Waals surface area contributed by atoms with Crippen molar-refractivity contribution in [3.05, 3.63) is 18.7 Å². The molecule has 1 aliphatic rings. The molecule has 0 unspecified atom stereocenters. The molecule has 6 nitrogen and oxygen atoms in total. The molecule has 0 atom stereocenters. The van der Waals surface area contributed by atoms with E-state index in [2.05, 4.69) is 32.1 Å². The van der Waals surface area contributed by atoms with Gasteiger partial charge in [0.05, 0.1) is 7.11 Å². The first kappa shape index (κ1) is 16.5. The Morgan fingerprint density at radius 3 is 2.73 bits per heavy atom. The Balaban J connectivity index is 2.14. The highest BCUT2D eigenvalue weighted by atomic mass is 32.1. The van der Waals surface area contributed by atoms with Crippen LogP contribution in [-0.4, -0.2) is 41.8 Å². The van der Waals surface area contributed by atoms with Crippen molar-refractivity contribution in [2.24, 2.45) is 0 Å². The van der Waals surface area contributed by atoms with Crippen LogP contribution >= 0.6 is 12.2 Å². The molecular weight excluding hydrogens is 298 g/mol. The maximum Gasteiger partial charge on any atom is 0.234 e. The summed E-state index contributed by atoms with van der Waals surface area (Å²) in [4.78, 5) is 11.1. The molecule has 7 heteroatoms. The molecule has 0 amide bonds. The van der Waals surface area contributed by atoms with Crippen LogP contribution in [-0.2, 0) is 0 Å². The summed E-state index contributed by atoms with van der Waals surface area (Å²) in [6.45, 7) is 6.26. The third-order valence-corrected chi connectivity index (χ3v) is 3.71. The predicted octanol–water partition coefficient (Wildman–Crippen LogP) is 2.34. The summed E-state index contributed by atoms with van der Waals surface area (Å²) in [6.07, 6.45) is 6.67. The van der Waals surface area contributed by atoms with Gasteiger partial charge in [-0.05, 0) is 25.1 Å². The third kappa shape index (κ3) is 4.84. The fraction of sp³-hybridized carbons (Fsp3) is 0.533. The van der Waals surface area contributed by atoms with Crippen molar-refractivity contribution in [3.63, 3.8) is 0 Å². The van der Waals surface area contributed by atoms with Gasteiger partial charge in [-0.3, -0.25) is 0 Å². The minimum absolute atomic E-state index is 0.445. The van der Waals surface area contributed by atoms with E-state index in [-0.39, 0.29) is 0 Å². The van der Waals surface area contributed by atoms with Crippen LogP contribution in [0.1, 0.15) is 25.7 Å². The van der Waals surface area contributed by atoms with Crippen LogP contribution in [0.25, 0.3) is 0 Å². The zero-order chi connectivity index (χ0) is 15.8. The van der Waals surface area contributed by atoms with Gasteiger partial charge < -0.3 is 20.3 Å². The Hall–Kier alpha value is -1.89. The fourth-order valence-corrected chi connectivity index (χ4v) is 2.52. The second-order valence-corrected chi connectivity index (χ2v) is 5.53. The predicted molar refractivity (Wildman–Crippen MR) is 93.7 cm³/mol. The zero-order valence-electron chi connectivity index (χ0n) is 13.0. The Bertz CT molecular complexity index is 515. The molecule has 0 aromatic carbocycles. The van der Waals surface area contributed by atoms with E-state index in [0.29, 0.717) is 23.5 Å². The van der Waals surface area contributed by atoms with Gasteiger partial charge >= 0.3 is 0 Å². The second-order valence-electron chi connectivity index (χ2n) is 5.12. The van der Waals surface area contributed by atoms with Gasteiger partial charge in [0.15, 0.2) is 5.11 Å². The highest BCUT2D eigenvalue weighted by Gasteiger charge is 2.14. The van der Waals surface area contributed by atoms with E-state index in [9.17, 15) is 0 Å². The van der Waals surface area contributed by atoms with Gasteiger partial charge in [-0.15, -0.1) is 6.58 Å². The van der Waals surface area contributed by atoms with Crippen LogP contribution in [0.5, 0.6) is 5.88 Å². The molecule has 1 aromatic heterocycles. The molecule has 0 spiro atoms. The first-order chi connectivity index (χ1) is 10.7. The van der Waals surface area contributed by atoms with Crippen molar-refractivity contribution in [1.82, 2.24) is 15.3 Å². The van der Waals surface area contributed by atoms with Crippen molar-refractivity contribution in [2.75, 3.05) is 37.0 Å². The summed E-state index contributed by atoms with van der Waals surface area (Å²) >= 11 is 5.20. The lowest BCUT2D eigenvalue weighted by Crippen LogP contribution is -2.30. The van der Waals surface area contributed by atoms with Gasteiger partial charge in [0.25, 0.3) is 0 Å². The van der Waals surface area contributed by atoms with E-state index in [1.807, 2.05) is 6.07 Å². The monoisotopic (exact) mass is 321 g/mol. The normalized spacial score (nSPS) is 14.9. The molecule has 22 heavy (non-hydrogen) atoms. The second kappa shape index (κ2) is 8.53. The Labute approximate surface area is 137 Å². The molecule has 0 bridgehead atoms.